The van der Waals surface area contributed by atoms with Crippen molar-refractivity contribution in [3.8, 4) is 0 Å². The van der Waals surface area contributed by atoms with Gasteiger partial charge in [-0.3, -0.25) is 9.59 Å². The smallest absolute Gasteiger partial charge is 0.287 e. The van der Waals surface area contributed by atoms with E-state index < -0.39 is 0 Å². The Morgan fingerprint density at radius 3 is 2.79 bits per heavy atom. The van der Waals surface area contributed by atoms with Crippen LogP contribution in [0.1, 0.15) is 71.2 Å². The Balaban J connectivity index is 1.57. The van der Waals surface area contributed by atoms with Crippen molar-refractivity contribution >= 4 is 23.5 Å². The Morgan fingerprint density at radius 1 is 1.32 bits per heavy atom. The highest BCUT2D eigenvalue weighted by Gasteiger charge is 2.28. The van der Waals surface area contributed by atoms with Crippen LogP contribution in [0, 0.1) is 12.8 Å². The number of carbonyl (C=O) groups excluding carboxylic acids is 2. The summed E-state index contributed by atoms with van der Waals surface area (Å²) < 4.78 is 7.86. The minimum atomic E-state index is -0.256. The van der Waals surface area contributed by atoms with Crippen molar-refractivity contribution in [3.05, 3.63) is 28.5 Å². The number of nitrogens with one attached hydrogen (secondary N) is 1. The maximum atomic E-state index is 12.5. The standard InChI is InChI=1S/C20H28N4O3S/c1-12(2)11-24-16(22-23-20(24)28-4)9-6-10-21-19(26)18-13(3)17-14(25)7-5-8-15(17)27-18/h12H,5-11H2,1-4H3,(H,21,26). The second-order valence-corrected chi connectivity index (χ2v) is 8.37. The number of thioether (sulfide) groups is 1. The first-order chi connectivity index (χ1) is 13.4. The van der Waals surface area contributed by atoms with Crippen molar-refractivity contribution in [2.24, 2.45) is 5.92 Å². The molecule has 1 amide bonds. The molecule has 0 atom stereocenters. The monoisotopic (exact) mass is 404 g/mol. The largest absolute Gasteiger partial charge is 0.455 e. The summed E-state index contributed by atoms with van der Waals surface area (Å²) in [5, 5.41) is 12.4. The van der Waals surface area contributed by atoms with E-state index in [0.717, 1.165) is 43.2 Å². The summed E-state index contributed by atoms with van der Waals surface area (Å²) in [6, 6.07) is 0. The van der Waals surface area contributed by atoms with E-state index in [-0.39, 0.29) is 17.5 Å². The molecule has 8 heteroatoms. The molecule has 28 heavy (non-hydrogen) atoms. The highest BCUT2D eigenvalue weighted by molar-refractivity contribution is 7.98. The molecule has 152 valence electrons. The fourth-order valence-electron chi connectivity index (χ4n) is 3.60. The third-order valence-electron chi connectivity index (χ3n) is 4.90. The van der Waals surface area contributed by atoms with Crippen LogP contribution >= 0.6 is 11.8 Å². The van der Waals surface area contributed by atoms with E-state index in [2.05, 4.69) is 33.9 Å². The molecule has 0 radical (unpaired) electrons. The van der Waals surface area contributed by atoms with Crippen molar-refractivity contribution in [1.29, 1.82) is 0 Å². The Labute approximate surface area is 169 Å². The number of aryl methyl sites for hydroxylation is 2. The number of aromatic nitrogens is 3. The van der Waals surface area contributed by atoms with Crippen LogP contribution in [0.15, 0.2) is 9.57 Å². The van der Waals surface area contributed by atoms with E-state index in [4.69, 9.17) is 4.42 Å². The number of Topliss-reactive ketones (excluding diaryl/α,β-unsaturated/α-hetero) is 1. The molecule has 1 aliphatic carbocycles. The number of nitrogens with zero attached hydrogens (tertiary/aromatic N) is 3. The zero-order valence-electron chi connectivity index (χ0n) is 17.0. The van der Waals surface area contributed by atoms with Gasteiger partial charge in [0.25, 0.3) is 5.91 Å². The van der Waals surface area contributed by atoms with Gasteiger partial charge in [0.2, 0.25) is 0 Å². The molecule has 2 heterocycles. The Bertz CT molecular complexity index is 869. The number of ketones is 1. The molecular weight excluding hydrogens is 376 g/mol. The molecule has 3 rings (SSSR count). The first kappa shape index (κ1) is 20.6. The van der Waals surface area contributed by atoms with Crippen molar-refractivity contribution < 1.29 is 14.0 Å². The summed E-state index contributed by atoms with van der Waals surface area (Å²) in [7, 11) is 0. The highest BCUT2D eigenvalue weighted by Crippen LogP contribution is 2.29. The van der Waals surface area contributed by atoms with Crippen LogP contribution in [0.25, 0.3) is 0 Å². The van der Waals surface area contributed by atoms with Crippen molar-refractivity contribution in [3.63, 3.8) is 0 Å². The SMILES string of the molecule is CSc1nnc(CCCNC(=O)c2oc3c(c2C)C(=O)CCC3)n1CC(C)C. The molecule has 1 aliphatic rings. The van der Waals surface area contributed by atoms with E-state index in [9.17, 15) is 9.59 Å². The van der Waals surface area contributed by atoms with Gasteiger partial charge >= 0.3 is 0 Å². The van der Waals surface area contributed by atoms with Crippen LogP contribution in [0.5, 0.6) is 0 Å². The van der Waals surface area contributed by atoms with Gasteiger partial charge in [0.05, 0.1) is 5.56 Å². The van der Waals surface area contributed by atoms with Crippen LogP contribution in [0.4, 0.5) is 0 Å². The van der Waals surface area contributed by atoms with Crippen molar-refractivity contribution in [2.45, 2.75) is 64.6 Å². The van der Waals surface area contributed by atoms with E-state index in [0.29, 0.717) is 35.8 Å². The van der Waals surface area contributed by atoms with E-state index >= 15 is 0 Å². The first-order valence-corrected chi connectivity index (χ1v) is 11.0. The molecule has 0 saturated carbocycles. The molecular formula is C20H28N4O3S. The minimum absolute atomic E-state index is 0.0793. The summed E-state index contributed by atoms with van der Waals surface area (Å²) >= 11 is 1.59. The van der Waals surface area contributed by atoms with Crippen LogP contribution < -0.4 is 5.32 Å². The number of furan rings is 1. The van der Waals surface area contributed by atoms with E-state index in [1.165, 1.54) is 0 Å². The van der Waals surface area contributed by atoms with Gasteiger partial charge in [0, 0.05) is 37.9 Å². The van der Waals surface area contributed by atoms with Gasteiger partial charge in [0.15, 0.2) is 16.7 Å². The fraction of sp³-hybridized carbons (Fsp3) is 0.600. The maximum Gasteiger partial charge on any atom is 0.287 e. The summed E-state index contributed by atoms with van der Waals surface area (Å²) in [4.78, 5) is 24.6. The predicted molar refractivity (Wildman–Crippen MR) is 108 cm³/mol. The quantitative estimate of drug-likeness (QED) is 0.535. The number of carbonyl (C=O) groups is 2. The Morgan fingerprint density at radius 2 is 2.11 bits per heavy atom. The molecule has 2 aromatic rings. The molecule has 0 fully saturated rings. The summed E-state index contributed by atoms with van der Waals surface area (Å²) in [6.07, 6.45) is 5.54. The molecule has 0 spiro atoms. The molecule has 0 bridgehead atoms. The molecule has 2 aromatic heterocycles. The number of fused-ring (bicyclic) bond motifs is 1. The maximum absolute atomic E-state index is 12.5. The molecule has 1 N–H and O–H groups in total. The topological polar surface area (TPSA) is 90.0 Å². The number of hydrogen-bond acceptors (Lipinski definition) is 6. The minimum Gasteiger partial charge on any atom is -0.455 e. The lowest BCUT2D eigenvalue weighted by atomic mass is 9.94. The number of amides is 1. The molecule has 0 unspecified atom stereocenters. The zero-order valence-corrected chi connectivity index (χ0v) is 17.8. The van der Waals surface area contributed by atoms with Gasteiger partial charge in [-0.1, -0.05) is 25.6 Å². The third-order valence-corrected chi connectivity index (χ3v) is 5.57. The average molecular weight is 405 g/mol. The Hall–Kier alpha value is -2.09. The summed E-state index contributed by atoms with van der Waals surface area (Å²) in [6.45, 7) is 7.53. The zero-order chi connectivity index (χ0) is 20.3. The van der Waals surface area contributed by atoms with Gasteiger partial charge in [-0.2, -0.15) is 0 Å². The summed E-state index contributed by atoms with van der Waals surface area (Å²) in [5.41, 5.74) is 1.28. The fourth-order valence-corrected chi connectivity index (χ4v) is 4.12. The van der Waals surface area contributed by atoms with Crippen LogP contribution in [0.2, 0.25) is 0 Å². The second kappa shape index (κ2) is 8.94. The summed E-state index contributed by atoms with van der Waals surface area (Å²) in [5.74, 6) is 2.21. The molecule has 0 saturated heterocycles. The lowest BCUT2D eigenvalue weighted by Gasteiger charge is -2.11. The van der Waals surface area contributed by atoms with E-state index in [1.807, 2.05) is 6.26 Å². The molecule has 0 aromatic carbocycles. The molecule has 0 aliphatic heterocycles. The van der Waals surface area contributed by atoms with Gasteiger partial charge in [-0.15, -0.1) is 10.2 Å². The van der Waals surface area contributed by atoms with Crippen LogP contribution in [-0.4, -0.2) is 39.3 Å². The van der Waals surface area contributed by atoms with Gasteiger partial charge < -0.3 is 14.3 Å². The van der Waals surface area contributed by atoms with Crippen LogP contribution in [-0.2, 0) is 19.4 Å². The van der Waals surface area contributed by atoms with E-state index in [1.54, 1.807) is 18.7 Å². The van der Waals surface area contributed by atoms with Gasteiger partial charge in [0.1, 0.15) is 11.6 Å². The second-order valence-electron chi connectivity index (χ2n) is 7.60. The Kier molecular flexibility index (Phi) is 6.59. The lowest BCUT2D eigenvalue weighted by molar-refractivity contribution is 0.0919. The number of rotatable bonds is 8. The van der Waals surface area contributed by atoms with Gasteiger partial charge in [-0.25, -0.2) is 0 Å². The first-order valence-electron chi connectivity index (χ1n) is 9.82. The predicted octanol–water partition coefficient (Wildman–Crippen LogP) is 3.44. The normalized spacial score (nSPS) is 13.8. The van der Waals surface area contributed by atoms with Crippen LogP contribution in [0.3, 0.4) is 0 Å². The molecule has 7 nitrogen and oxygen atoms in total. The lowest BCUT2D eigenvalue weighted by Crippen LogP contribution is -2.25. The third kappa shape index (κ3) is 4.32. The van der Waals surface area contributed by atoms with Crippen molar-refractivity contribution in [2.75, 3.05) is 12.8 Å². The highest BCUT2D eigenvalue weighted by atomic mass is 32.2. The van der Waals surface area contributed by atoms with Gasteiger partial charge in [-0.05, 0) is 31.9 Å². The number of hydrogen-bond donors (Lipinski definition) is 1. The average Bonchev–Trinajstić information content (AvgIpc) is 3.19. The van der Waals surface area contributed by atoms with Crippen molar-refractivity contribution in [1.82, 2.24) is 20.1 Å².